The van der Waals surface area contributed by atoms with Gasteiger partial charge in [0.15, 0.2) is 5.13 Å². The Labute approximate surface area is 122 Å². The number of thiazole rings is 1. The predicted molar refractivity (Wildman–Crippen MR) is 80.9 cm³/mol. The zero-order valence-electron chi connectivity index (χ0n) is 11.9. The van der Waals surface area contributed by atoms with Gasteiger partial charge in [0, 0.05) is 25.6 Å². The first kappa shape index (κ1) is 16.2. The number of nitrogens with zero attached hydrogens (tertiary/aromatic N) is 1. The van der Waals surface area contributed by atoms with Crippen molar-refractivity contribution in [1.82, 2.24) is 15.6 Å². The molecule has 0 aliphatic heterocycles. The first-order valence-electron chi connectivity index (χ1n) is 6.51. The van der Waals surface area contributed by atoms with E-state index in [1.165, 1.54) is 11.3 Å². The average molecular weight is 299 g/mol. The van der Waals surface area contributed by atoms with E-state index in [-0.39, 0.29) is 36.6 Å². The number of nitrogen functional groups attached to an aromatic ring is 1. The number of amides is 2. The number of hydrogen-bond acceptors (Lipinski definition) is 6. The summed E-state index contributed by atoms with van der Waals surface area (Å²) >= 11 is 1.21. The summed E-state index contributed by atoms with van der Waals surface area (Å²) in [5.74, 6) is -0.193. The van der Waals surface area contributed by atoms with Crippen molar-refractivity contribution in [1.29, 1.82) is 0 Å². The molecule has 1 aromatic heterocycles. The number of carbonyl (C=O) groups is 2. The van der Waals surface area contributed by atoms with E-state index in [1.807, 2.05) is 20.8 Å². The monoisotopic (exact) mass is 299 g/mol. The Kier molecular flexibility index (Phi) is 6.23. The summed E-state index contributed by atoms with van der Waals surface area (Å²) in [6.45, 7) is 6.65. The summed E-state index contributed by atoms with van der Waals surface area (Å²) in [7, 11) is 0. The second-order valence-corrected chi connectivity index (χ2v) is 5.49. The van der Waals surface area contributed by atoms with Crippen molar-refractivity contribution in [2.45, 2.75) is 33.2 Å². The summed E-state index contributed by atoms with van der Waals surface area (Å²) in [5.41, 5.74) is 5.72. The molecule has 1 heterocycles. The van der Waals surface area contributed by atoms with Gasteiger partial charge in [-0.1, -0.05) is 11.3 Å². The van der Waals surface area contributed by atoms with Gasteiger partial charge in [-0.2, -0.15) is 0 Å². The molecule has 8 heteroatoms. The number of anilines is 2. The van der Waals surface area contributed by atoms with Crippen LogP contribution in [0.5, 0.6) is 0 Å². The highest BCUT2D eigenvalue weighted by Crippen LogP contribution is 2.25. The van der Waals surface area contributed by atoms with Crippen LogP contribution in [0.1, 0.15) is 36.9 Å². The van der Waals surface area contributed by atoms with E-state index in [1.54, 1.807) is 0 Å². The molecule has 5 N–H and O–H groups in total. The molecule has 112 valence electrons. The third-order valence-corrected chi connectivity index (χ3v) is 3.28. The van der Waals surface area contributed by atoms with Crippen LogP contribution in [-0.4, -0.2) is 35.9 Å². The van der Waals surface area contributed by atoms with Crippen LogP contribution in [0.3, 0.4) is 0 Å². The van der Waals surface area contributed by atoms with Crippen molar-refractivity contribution in [2.24, 2.45) is 0 Å². The van der Waals surface area contributed by atoms with Crippen LogP contribution >= 0.6 is 11.3 Å². The fourth-order valence-corrected chi connectivity index (χ4v) is 2.41. The zero-order valence-corrected chi connectivity index (χ0v) is 12.8. The van der Waals surface area contributed by atoms with Gasteiger partial charge >= 0.3 is 0 Å². The van der Waals surface area contributed by atoms with Crippen LogP contribution in [0.25, 0.3) is 0 Å². The first-order chi connectivity index (χ1) is 9.43. The topological polar surface area (TPSA) is 109 Å². The lowest BCUT2D eigenvalue weighted by Crippen LogP contribution is -2.30. The summed E-state index contributed by atoms with van der Waals surface area (Å²) in [6.07, 6.45) is 0.245. The molecule has 0 spiro atoms. The molecule has 0 radical (unpaired) electrons. The van der Waals surface area contributed by atoms with Crippen LogP contribution in [0.15, 0.2) is 0 Å². The highest BCUT2D eigenvalue weighted by Gasteiger charge is 2.16. The molecule has 7 nitrogen and oxygen atoms in total. The van der Waals surface area contributed by atoms with Gasteiger partial charge in [-0.25, -0.2) is 4.98 Å². The standard InChI is InChI=1S/C12H21N5O2S/c1-4-14-8(18)5-6-15-11(19)9-10(13)17-12(20-9)16-7(2)3/h7H,4-6,13H2,1-3H3,(H,14,18)(H,15,19)(H,16,17). The van der Waals surface area contributed by atoms with Gasteiger partial charge < -0.3 is 21.7 Å². The number of aromatic nitrogens is 1. The highest BCUT2D eigenvalue weighted by atomic mass is 32.1. The molecule has 0 atom stereocenters. The van der Waals surface area contributed by atoms with E-state index in [2.05, 4.69) is 20.9 Å². The third kappa shape index (κ3) is 5.04. The van der Waals surface area contributed by atoms with Gasteiger partial charge in [0.25, 0.3) is 5.91 Å². The van der Waals surface area contributed by atoms with Gasteiger partial charge in [-0.05, 0) is 20.8 Å². The fraction of sp³-hybridized carbons (Fsp3) is 0.583. The summed E-state index contributed by atoms with van der Waals surface area (Å²) < 4.78 is 0. The first-order valence-corrected chi connectivity index (χ1v) is 7.33. The molecule has 2 amide bonds. The summed E-state index contributed by atoms with van der Waals surface area (Å²) in [5, 5.41) is 9.03. The fourth-order valence-electron chi connectivity index (χ4n) is 1.46. The lowest BCUT2D eigenvalue weighted by Gasteiger charge is -2.04. The number of rotatable bonds is 7. The Bertz CT molecular complexity index is 472. The Morgan fingerprint density at radius 2 is 2.05 bits per heavy atom. The second-order valence-electron chi connectivity index (χ2n) is 4.49. The molecule has 20 heavy (non-hydrogen) atoms. The Morgan fingerprint density at radius 3 is 2.65 bits per heavy atom. The largest absolute Gasteiger partial charge is 0.382 e. The van der Waals surface area contributed by atoms with Crippen LogP contribution in [-0.2, 0) is 4.79 Å². The molecule has 0 unspecified atom stereocenters. The van der Waals surface area contributed by atoms with Gasteiger partial charge in [0.05, 0.1) is 0 Å². The smallest absolute Gasteiger partial charge is 0.265 e. The second kappa shape index (κ2) is 7.68. The molecule has 0 aliphatic carbocycles. The average Bonchev–Trinajstić information content (AvgIpc) is 2.69. The normalized spacial score (nSPS) is 10.4. The Morgan fingerprint density at radius 1 is 1.35 bits per heavy atom. The molecule has 0 fully saturated rings. The minimum absolute atomic E-state index is 0.0905. The maximum absolute atomic E-state index is 11.9. The Hall–Kier alpha value is -1.83. The molecule has 0 saturated heterocycles. The predicted octanol–water partition coefficient (Wildman–Crippen LogP) is 0.802. The van der Waals surface area contributed by atoms with Gasteiger partial charge in [0.2, 0.25) is 5.91 Å². The summed E-state index contributed by atoms with van der Waals surface area (Å²) in [4.78, 5) is 27.6. The van der Waals surface area contributed by atoms with Crippen molar-refractivity contribution < 1.29 is 9.59 Å². The highest BCUT2D eigenvalue weighted by molar-refractivity contribution is 7.18. The van der Waals surface area contributed by atoms with E-state index >= 15 is 0 Å². The van der Waals surface area contributed by atoms with E-state index in [0.29, 0.717) is 16.6 Å². The number of nitrogens with one attached hydrogen (secondary N) is 3. The maximum atomic E-state index is 11.9. The van der Waals surface area contributed by atoms with Crippen molar-refractivity contribution in [3.05, 3.63) is 4.88 Å². The molecular formula is C12H21N5O2S. The third-order valence-electron chi connectivity index (χ3n) is 2.28. The van der Waals surface area contributed by atoms with Crippen molar-refractivity contribution in [3.63, 3.8) is 0 Å². The number of nitrogens with two attached hydrogens (primary N) is 1. The van der Waals surface area contributed by atoms with E-state index in [4.69, 9.17) is 5.73 Å². The molecule has 1 aromatic rings. The Balaban J connectivity index is 2.51. The van der Waals surface area contributed by atoms with E-state index in [0.717, 1.165) is 0 Å². The molecule has 0 bridgehead atoms. The van der Waals surface area contributed by atoms with Crippen molar-refractivity contribution >= 4 is 34.1 Å². The number of carbonyl (C=O) groups excluding carboxylic acids is 2. The maximum Gasteiger partial charge on any atom is 0.265 e. The van der Waals surface area contributed by atoms with Crippen LogP contribution in [0, 0.1) is 0 Å². The molecular weight excluding hydrogens is 278 g/mol. The summed E-state index contributed by atoms with van der Waals surface area (Å²) in [6, 6.07) is 0.217. The van der Waals surface area contributed by atoms with E-state index < -0.39 is 0 Å². The van der Waals surface area contributed by atoms with Gasteiger partial charge in [-0.3, -0.25) is 9.59 Å². The zero-order chi connectivity index (χ0) is 15.1. The van der Waals surface area contributed by atoms with Gasteiger partial charge in [0.1, 0.15) is 10.7 Å². The number of hydrogen-bond donors (Lipinski definition) is 4. The lowest BCUT2D eigenvalue weighted by atomic mass is 10.3. The van der Waals surface area contributed by atoms with Crippen LogP contribution in [0.4, 0.5) is 10.9 Å². The quantitative estimate of drug-likeness (QED) is 0.595. The SMILES string of the molecule is CCNC(=O)CCNC(=O)c1sc(NC(C)C)nc1N. The van der Waals surface area contributed by atoms with E-state index in [9.17, 15) is 9.59 Å². The molecule has 0 aromatic carbocycles. The molecule has 0 saturated carbocycles. The molecule has 1 rings (SSSR count). The molecule has 0 aliphatic rings. The van der Waals surface area contributed by atoms with Crippen LogP contribution in [0.2, 0.25) is 0 Å². The van der Waals surface area contributed by atoms with Crippen molar-refractivity contribution in [2.75, 3.05) is 24.1 Å². The minimum atomic E-state index is -0.305. The van der Waals surface area contributed by atoms with Crippen LogP contribution < -0.4 is 21.7 Å². The minimum Gasteiger partial charge on any atom is -0.382 e. The van der Waals surface area contributed by atoms with Gasteiger partial charge in [-0.15, -0.1) is 0 Å². The lowest BCUT2D eigenvalue weighted by molar-refractivity contribution is -0.120. The van der Waals surface area contributed by atoms with Crippen molar-refractivity contribution in [3.8, 4) is 0 Å².